The quantitative estimate of drug-likeness (QED) is 0.322. The number of benzene rings is 3. The molecule has 2 amide bonds. The molecule has 7 heteroatoms. The van der Waals surface area contributed by atoms with Crippen LogP contribution in [0.1, 0.15) is 42.6 Å². The number of urea groups is 1. The van der Waals surface area contributed by atoms with E-state index in [1.54, 1.807) is 18.2 Å². The highest BCUT2D eigenvalue weighted by Gasteiger charge is 2.25. The fraction of sp³-hybridized carbons (Fsp3) is 0.333. The molecule has 0 saturated carbocycles. The lowest BCUT2D eigenvalue weighted by molar-refractivity contribution is 0.0697. The Bertz CT molecular complexity index is 1230. The van der Waals surface area contributed by atoms with Gasteiger partial charge in [-0.25, -0.2) is 9.59 Å². The molecule has 7 nitrogen and oxygen atoms in total. The van der Waals surface area contributed by atoms with Crippen LogP contribution in [-0.2, 0) is 4.74 Å². The number of aromatic carboxylic acids is 1. The van der Waals surface area contributed by atoms with Gasteiger partial charge in [-0.15, -0.1) is 0 Å². The first-order valence-electron chi connectivity index (χ1n) is 12.8. The molecule has 0 atom stereocenters. The van der Waals surface area contributed by atoms with Crippen molar-refractivity contribution < 1.29 is 19.4 Å². The summed E-state index contributed by atoms with van der Waals surface area (Å²) in [6.07, 6.45) is 1.82. The minimum atomic E-state index is -0.991. The summed E-state index contributed by atoms with van der Waals surface area (Å²) >= 11 is 0. The van der Waals surface area contributed by atoms with Crippen LogP contribution in [0.3, 0.4) is 0 Å². The molecular weight excluding hydrogens is 466 g/mol. The van der Waals surface area contributed by atoms with Gasteiger partial charge in [-0.05, 0) is 67.1 Å². The maximum atomic E-state index is 13.1. The zero-order valence-electron chi connectivity index (χ0n) is 21.7. The molecule has 0 radical (unpaired) electrons. The Morgan fingerprint density at radius 1 is 1.00 bits per heavy atom. The predicted octanol–water partition coefficient (Wildman–Crippen LogP) is 6.65. The van der Waals surface area contributed by atoms with Gasteiger partial charge in [-0.2, -0.15) is 0 Å². The van der Waals surface area contributed by atoms with Crippen LogP contribution in [0.5, 0.6) is 0 Å². The van der Waals surface area contributed by atoms with Crippen molar-refractivity contribution in [2.24, 2.45) is 5.92 Å². The highest BCUT2D eigenvalue weighted by molar-refractivity contribution is 6.03. The van der Waals surface area contributed by atoms with Crippen molar-refractivity contribution in [3.05, 3.63) is 77.9 Å². The normalized spacial score (nSPS) is 13.8. The first-order chi connectivity index (χ1) is 17.8. The Hall–Kier alpha value is -3.84. The van der Waals surface area contributed by atoms with E-state index in [4.69, 9.17) is 4.74 Å². The second kappa shape index (κ2) is 11.9. The van der Waals surface area contributed by atoms with Crippen molar-refractivity contribution in [3.63, 3.8) is 0 Å². The van der Waals surface area contributed by atoms with Gasteiger partial charge >= 0.3 is 12.0 Å². The first-order valence-corrected chi connectivity index (χ1v) is 12.8. The number of anilines is 3. The molecule has 1 aliphatic rings. The Morgan fingerprint density at radius 2 is 1.70 bits per heavy atom. The number of ether oxygens (including phenoxy) is 1. The number of carbonyl (C=O) groups excluding carboxylic acids is 1. The summed E-state index contributed by atoms with van der Waals surface area (Å²) in [5, 5.41) is 15.7. The summed E-state index contributed by atoms with van der Waals surface area (Å²) in [7, 11) is 0. The maximum Gasteiger partial charge on any atom is 0.336 e. The molecule has 3 N–H and O–H groups in total. The van der Waals surface area contributed by atoms with Gasteiger partial charge in [0.05, 0.1) is 16.9 Å². The highest BCUT2D eigenvalue weighted by Crippen LogP contribution is 2.36. The van der Waals surface area contributed by atoms with Crippen LogP contribution in [0.4, 0.5) is 21.9 Å². The summed E-state index contributed by atoms with van der Waals surface area (Å²) in [6.45, 7) is 8.60. The van der Waals surface area contributed by atoms with E-state index in [0.717, 1.165) is 36.2 Å². The van der Waals surface area contributed by atoms with Crippen LogP contribution in [0.15, 0.2) is 66.7 Å². The van der Waals surface area contributed by atoms with E-state index in [1.165, 1.54) is 0 Å². The Balaban J connectivity index is 1.74. The number of carboxylic acids is 1. The Labute approximate surface area is 218 Å². The van der Waals surface area contributed by atoms with Crippen LogP contribution < -0.4 is 15.5 Å². The van der Waals surface area contributed by atoms with E-state index in [0.29, 0.717) is 36.1 Å². The number of nitrogens with one attached hydrogen (secondary N) is 2. The molecule has 1 saturated heterocycles. The molecule has 0 aromatic heterocycles. The maximum absolute atomic E-state index is 13.1. The lowest BCUT2D eigenvalue weighted by Crippen LogP contribution is -2.42. The van der Waals surface area contributed by atoms with Crippen molar-refractivity contribution in [1.29, 1.82) is 0 Å². The summed E-state index contributed by atoms with van der Waals surface area (Å²) in [5.41, 5.74) is 4.90. The number of hydrogen-bond acceptors (Lipinski definition) is 4. The summed E-state index contributed by atoms with van der Waals surface area (Å²) < 4.78 is 5.61. The molecule has 0 aliphatic carbocycles. The van der Waals surface area contributed by atoms with Crippen LogP contribution >= 0.6 is 0 Å². The predicted molar refractivity (Wildman–Crippen MR) is 149 cm³/mol. The molecule has 0 unspecified atom stereocenters. The third kappa shape index (κ3) is 6.68. The minimum absolute atomic E-state index is 0.216. The Morgan fingerprint density at radius 3 is 2.38 bits per heavy atom. The molecule has 3 aromatic rings. The number of aryl methyl sites for hydroxylation is 1. The van der Waals surface area contributed by atoms with Gasteiger partial charge in [0.15, 0.2) is 0 Å². The molecule has 1 aliphatic heterocycles. The SMILES string of the molecule is Cc1ccc(NC(=O)Nc2cc(-c3ccccc3C(=O)O)ccc2N(CC(C)C)C2CCOCC2)cc1. The van der Waals surface area contributed by atoms with Crippen LogP contribution in [0, 0.1) is 12.8 Å². The van der Waals surface area contributed by atoms with Gasteiger partial charge in [-0.1, -0.05) is 55.8 Å². The summed E-state index contributed by atoms with van der Waals surface area (Å²) in [4.78, 5) is 27.4. The van der Waals surface area contributed by atoms with Gasteiger partial charge in [-0.3, -0.25) is 0 Å². The van der Waals surface area contributed by atoms with Crippen LogP contribution in [-0.4, -0.2) is 42.9 Å². The minimum Gasteiger partial charge on any atom is -0.478 e. The summed E-state index contributed by atoms with van der Waals surface area (Å²) in [5.74, 6) is -0.584. The topological polar surface area (TPSA) is 90.9 Å². The van der Waals surface area contributed by atoms with E-state index in [2.05, 4.69) is 29.4 Å². The van der Waals surface area contributed by atoms with Gasteiger partial charge < -0.3 is 25.4 Å². The zero-order chi connectivity index (χ0) is 26.4. The van der Waals surface area contributed by atoms with Crippen molar-refractivity contribution in [2.75, 3.05) is 35.3 Å². The lowest BCUT2D eigenvalue weighted by Gasteiger charge is -2.38. The number of amides is 2. The van der Waals surface area contributed by atoms with E-state index < -0.39 is 5.97 Å². The lowest BCUT2D eigenvalue weighted by atomic mass is 9.97. The fourth-order valence-corrected chi connectivity index (χ4v) is 4.73. The third-order valence-corrected chi connectivity index (χ3v) is 6.53. The molecule has 194 valence electrons. The largest absolute Gasteiger partial charge is 0.478 e. The van der Waals surface area contributed by atoms with Crippen molar-refractivity contribution >= 4 is 29.1 Å². The van der Waals surface area contributed by atoms with Crippen LogP contribution in [0.2, 0.25) is 0 Å². The number of rotatable bonds is 8. The number of hydrogen-bond donors (Lipinski definition) is 3. The van der Waals surface area contributed by atoms with Crippen LogP contribution in [0.25, 0.3) is 11.1 Å². The molecule has 0 bridgehead atoms. The van der Waals surface area contributed by atoms with E-state index in [-0.39, 0.29) is 17.6 Å². The standard InChI is InChI=1S/C30H35N3O4/c1-20(2)19-33(24-14-16-37-17-15-24)28-13-10-22(25-6-4-5-7-26(25)29(34)35)18-27(28)32-30(36)31-23-11-8-21(3)9-12-23/h4-13,18,20,24H,14-17,19H2,1-3H3,(H,34,35)(H2,31,32,36). The van der Waals surface area contributed by atoms with E-state index in [9.17, 15) is 14.7 Å². The fourth-order valence-electron chi connectivity index (χ4n) is 4.73. The monoisotopic (exact) mass is 501 g/mol. The highest BCUT2D eigenvalue weighted by atomic mass is 16.5. The second-order valence-corrected chi connectivity index (χ2v) is 9.92. The molecule has 3 aromatic carbocycles. The molecule has 1 fully saturated rings. The summed E-state index contributed by atoms with van der Waals surface area (Å²) in [6, 6.07) is 20.3. The zero-order valence-corrected chi connectivity index (χ0v) is 21.7. The Kier molecular flexibility index (Phi) is 8.46. The average Bonchev–Trinajstić information content (AvgIpc) is 2.89. The average molecular weight is 502 g/mol. The van der Waals surface area contributed by atoms with Gasteiger partial charge in [0, 0.05) is 31.5 Å². The van der Waals surface area contributed by atoms with Crippen molar-refractivity contribution in [1.82, 2.24) is 0 Å². The smallest absolute Gasteiger partial charge is 0.336 e. The molecule has 1 heterocycles. The third-order valence-electron chi connectivity index (χ3n) is 6.53. The van der Waals surface area contributed by atoms with Gasteiger partial charge in [0.2, 0.25) is 0 Å². The number of carboxylic acid groups (broad SMARTS) is 1. The molecule has 37 heavy (non-hydrogen) atoms. The van der Waals surface area contributed by atoms with E-state index >= 15 is 0 Å². The molecule has 4 rings (SSSR count). The number of carbonyl (C=O) groups is 2. The molecule has 0 spiro atoms. The molecular formula is C30H35N3O4. The first kappa shape index (κ1) is 26.2. The van der Waals surface area contributed by atoms with E-state index in [1.807, 2.05) is 55.5 Å². The van der Waals surface area contributed by atoms with Gasteiger partial charge in [0.25, 0.3) is 0 Å². The second-order valence-electron chi connectivity index (χ2n) is 9.92. The van der Waals surface area contributed by atoms with Gasteiger partial charge in [0.1, 0.15) is 0 Å². The number of nitrogens with zero attached hydrogens (tertiary/aromatic N) is 1. The van der Waals surface area contributed by atoms with Crippen molar-refractivity contribution in [2.45, 2.75) is 39.7 Å². The van der Waals surface area contributed by atoms with Crippen molar-refractivity contribution in [3.8, 4) is 11.1 Å².